The first-order valence-electron chi connectivity index (χ1n) is 10.8. The lowest BCUT2D eigenvalue weighted by Gasteiger charge is -2.24. The molecule has 0 bridgehead atoms. The smallest absolute Gasteiger partial charge is 0.252 e. The highest BCUT2D eigenvalue weighted by Crippen LogP contribution is 2.43. The van der Waals surface area contributed by atoms with Gasteiger partial charge in [0.05, 0.1) is 19.1 Å². The van der Waals surface area contributed by atoms with Crippen LogP contribution in [0.5, 0.6) is 0 Å². The van der Waals surface area contributed by atoms with Gasteiger partial charge in [0.25, 0.3) is 5.91 Å². The van der Waals surface area contributed by atoms with Crippen LogP contribution in [0.4, 0.5) is 10.2 Å². The molecule has 0 unspecified atom stereocenters. The number of imidazole rings is 1. The standard InChI is InChI=1S/C22H21FN8O5/c1-22(2)35-15-16(20(32)25-7-3-4-11-5-6-12(23)13(30-11)8-29-33)34-21(17(15)36-22)31-10-28-14-18(24)26-9-27-19(14)31/h5-6,8-10,15-17,21,33H,7H2,1-2H3,(H,25,32)(H2,24,26,27)/b29-8-/t15-,16+,17-,21-/m1/s1. The Morgan fingerprint density at radius 3 is 2.94 bits per heavy atom. The molecule has 2 aliphatic rings. The van der Waals surface area contributed by atoms with Gasteiger partial charge in [0.2, 0.25) is 0 Å². The molecule has 4 N–H and O–H groups in total. The summed E-state index contributed by atoms with van der Waals surface area (Å²) in [6.45, 7) is 3.46. The zero-order chi connectivity index (χ0) is 25.4. The third-order valence-corrected chi connectivity index (χ3v) is 5.57. The van der Waals surface area contributed by atoms with Gasteiger partial charge in [0.15, 0.2) is 35.4 Å². The van der Waals surface area contributed by atoms with Gasteiger partial charge in [0, 0.05) is 0 Å². The first-order valence-corrected chi connectivity index (χ1v) is 10.8. The number of nitrogens with one attached hydrogen (secondary N) is 1. The van der Waals surface area contributed by atoms with Gasteiger partial charge in [-0.2, -0.15) is 0 Å². The fourth-order valence-electron chi connectivity index (χ4n) is 4.11. The van der Waals surface area contributed by atoms with E-state index in [-0.39, 0.29) is 23.8 Å². The highest BCUT2D eigenvalue weighted by Gasteiger charge is 2.58. The molecule has 4 atom stereocenters. The Kier molecular flexibility index (Phi) is 5.96. The number of hydrogen-bond acceptors (Lipinski definition) is 11. The number of carbonyl (C=O) groups excluding carboxylic acids is 1. The summed E-state index contributed by atoms with van der Waals surface area (Å²) in [5.41, 5.74) is 6.81. The number of aromatic nitrogens is 5. The predicted octanol–water partition coefficient (Wildman–Crippen LogP) is 0.336. The summed E-state index contributed by atoms with van der Waals surface area (Å²) in [5.74, 6) is 3.62. The van der Waals surface area contributed by atoms with Crippen LogP contribution in [0.1, 0.15) is 31.5 Å². The number of carbonyl (C=O) groups is 1. The predicted molar refractivity (Wildman–Crippen MR) is 121 cm³/mol. The van der Waals surface area contributed by atoms with E-state index in [2.05, 4.69) is 42.2 Å². The maximum atomic E-state index is 13.6. The van der Waals surface area contributed by atoms with Gasteiger partial charge in [-0.15, -0.1) is 0 Å². The van der Waals surface area contributed by atoms with Crippen molar-refractivity contribution in [3.05, 3.63) is 42.0 Å². The Morgan fingerprint density at radius 1 is 1.33 bits per heavy atom. The van der Waals surface area contributed by atoms with E-state index < -0.39 is 42.1 Å². The highest BCUT2D eigenvalue weighted by molar-refractivity contribution is 5.83. The molecule has 186 valence electrons. The number of hydrogen-bond donors (Lipinski definition) is 3. The summed E-state index contributed by atoms with van der Waals surface area (Å²) >= 11 is 0. The molecule has 5 heterocycles. The molecular formula is C22H21FN8O5. The number of amides is 1. The number of nitrogen functional groups attached to an aromatic ring is 1. The largest absolute Gasteiger partial charge is 0.411 e. The first kappa shape index (κ1) is 23.5. The van der Waals surface area contributed by atoms with Crippen LogP contribution in [0.2, 0.25) is 0 Å². The Hall–Kier alpha value is -4.19. The lowest BCUT2D eigenvalue weighted by Crippen LogP contribution is -2.43. The van der Waals surface area contributed by atoms with Gasteiger partial charge in [-0.3, -0.25) is 9.36 Å². The van der Waals surface area contributed by atoms with Gasteiger partial charge in [-0.05, 0) is 31.9 Å². The molecule has 2 saturated heterocycles. The third kappa shape index (κ3) is 4.31. The Balaban J connectivity index is 1.32. The van der Waals surface area contributed by atoms with Crippen LogP contribution in [0.3, 0.4) is 0 Å². The molecule has 2 fully saturated rings. The van der Waals surface area contributed by atoms with Crippen molar-refractivity contribution in [1.29, 1.82) is 0 Å². The van der Waals surface area contributed by atoms with Gasteiger partial charge < -0.3 is 30.5 Å². The van der Waals surface area contributed by atoms with Crippen molar-refractivity contribution >= 4 is 29.1 Å². The lowest BCUT2D eigenvalue weighted by molar-refractivity contribution is -0.197. The number of fused-ring (bicyclic) bond motifs is 2. The van der Waals surface area contributed by atoms with Crippen LogP contribution in [0, 0.1) is 17.7 Å². The molecule has 2 aliphatic heterocycles. The molecule has 0 saturated carbocycles. The van der Waals surface area contributed by atoms with E-state index in [0.717, 1.165) is 12.3 Å². The van der Waals surface area contributed by atoms with Crippen molar-refractivity contribution in [2.24, 2.45) is 5.16 Å². The van der Waals surface area contributed by atoms with Crippen molar-refractivity contribution < 1.29 is 28.6 Å². The molecule has 36 heavy (non-hydrogen) atoms. The van der Waals surface area contributed by atoms with Crippen LogP contribution in [-0.4, -0.2) is 72.5 Å². The average Bonchev–Trinajstić information content (AvgIpc) is 3.50. The van der Waals surface area contributed by atoms with Crippen LogP contribution in [-0.2, 0) is 19.0 Å². The SMILES string of the molecule is CC1(C)O[C@@H]2[C@H](O1)[C@@H](C(=O)NCC#Cc1ccc(F)c(/C=N\O)n1)O[C@H]2n1cnc2c(N)ncnc21. The summed E-state index contributed by atoms with van der Waals surface area (Å²) in [5, 5.41) is 14.0. The normalized spacial score (nSPS) is 24.5. The second kappa shape index (κ2) is 9.11. The van der Waals surface area contributed by atoms with Crippen molar-refractivity contribution in [3.63, 3.8) is 0 Å². The van der Waals surface area contributed by atoms with Gasteiger partial charge in [-0.25, -0.2) is 24.3 Å². The van der Waals surface area contributed by atoms with E-state index in [0.29, 0.717) is 11.2 Å². The van der Waals surface area contributed by atoms with Crippen LogP contribution in [0.15, 0.2) is 29.9 Å². The van der Waals surface area contributed by atoms with Crippen LogP contribution < -0.4 is 11.1 Å². The number of halogens is 1. The monoisotopic (exact) mass is 496 g/mol. The number of nitrogens with two attached hydrogens (primary N) is 1. The van der Waals surface area contributed by atoms with E-state index >= 15 is 0 Å². The van der Waals surface area contributed by atoms with Gasteiger partial charge >= 0.3 is 0 Å². The van der Waals surface area contributed by atoms with Crippen LogP contribution in [0.25, 0.3) is 11.2 Å². The molecule has 0 spiro atoms. The molecule has 13 nitrogen and oxygen atoms in total. The minimum absolute atomic E-state index is 0.0365. The molecule has 0 radical (unpaired) electrons. The summed E-state index contributed by atoms with van der Waals surface area (Å²) in [6.07, 6.45) is 0.602. The molecule has 5 rings (SSSR count). The second-order valence-corrected chi connectivity index (χ2v) is 8.42. The van der Waals surface area contributed by atoms with E-state index in [4.69, 9.17) is 25.2 Å². The minimum atomic E-state index is -1.00. The van der Waals surface area contributed by atoms with E-state index in [9.17, 15) is 9.18 Å². The molecule has 3 aromatic heterocycles. The molecule has 3 aromatic rings. The van der Waals surface area contributed by atoms with E-state index in [1.54, 1.807) is 18.4 Å². The zero-order valence-electron chi connectivity index (χ0n) is 19.1. The van der Waals surface area contributed by atoms with Crippen LogP contribution >= 0.6 is 0 Å². The maximum Gasteiger partial charge on any atom is 0.252 e. The Labute approximate surface area is 203 Å². The van der Waals surface area contributed by atoms with E-state index in [1.165, 1.54) is 18.7 Å². The van der Waals surface area contributed by atoms with E-state index in [1.807, 2.05) is 0 Å². The molecule has 1 amide bonds. The zero-order valence-corrected chi connectivity index (χ0v) is 19.1. The number of rotatable bonds is 4. The fourth-order valence-corrected chi connectivity index (χ4v) is 4.11. The lowest BCUT2D eigenvalue weighted by atomic mass is 10.1. The third-order valence-electron chi connectivity index (χ3n) is 5.57. The van der Waals surface area contributed by atoms with Crippen molar-refractivity contribution in [3.8, 4) is 11.8 Å². The number of ether oxygens (including phenoxy) is 3. The summed E-state index contributed by atoms with van der Waals surface area (Å²) < 4.78 is 33.3. The van der Waals surface area contributed by atoms with Crippen molar-refractivity contribution in [2.75, 3.05) is 12.3 Å². The van der Waals surface area contributed by atoms with Gasteiger partial charge in [-0.1, -0.05) is 11.1 Å². The Morgan fingerprint density at radius 2 is 2.14 bits per heavy atom. The molecule has 0 aromatic carbocycles. The number of oxime groups is 1. The maximum absolute atomic E-state index is 13.6. The number of pyridine rings is 1. The number of nitrogens with zero attached hydrogens (tertiary/aromatic N) is 6. The molecular weight excluding hydrogens is 475 g/mol. The quantitative estimate of drug-likeness (QED) is 0.198. The fraction of sp³-hybridized carbons (Fsp3) is 0.364. The van der Waals surface area contributed by atoms with Gasteiger partial charge in [0.1, 0.15) is 35.4 Å². The summed E-state index contributed by atoms with van der Waals surface area (Å²) in [4.78, 5) is 29.4. The molecule has 14 heteroatoms. The Bertz CT molecular complexity index is 1410. The topological polar surface area (TPSA) is 172 Å². The average molecular weight is 496 g/mol. The summed E-state index contributed by atoms with van der Waals surface area (Å²) in [7, 11) is 0. The second-order valence-electron chi connectivity index (χ2n) is 8.42. The first-order chi connectivity index (χ1) is 17.3. The molecule has 0 aliphatic carbocycles. The minimum Gasteiger partial charge on any atom is -0.411 e. The highest BCUT2D eigenvalue weighted by atomic mass is 19.1. The summed E-state index contributed by atoms with van der Waals surface area (Å²) in [6, 6.07) is 2.52. The van der Waals surface area contributed by atoms with Crippen molar-refractivity contribution in [2.45, 2.75) is 44.2 Å². The van der Waals surface area contributed by atoms with Crippen molar-refractivity contribution in [1.82, 2.24) is 29.8 Å². The number of anilines is 1.